The third-order valence-corrected chi connectivity index (χ3v) is 4.63. The number of nitrogens with one attached hydrogen (secondary N) is 2. The lowest BCUT2D eigenvalue weighted by Gasteiger charge is -2.13. The van der Waals surface area contributed by atoms with E-state index < -0.39 is 18.0 Å². The lowest BCUT2D eigenvalue weighted by Crippen LogP contribution is -2.30. The molecule has 0 aliphatic carbocycles. The van der Waals surface area contributed by atoms with E-state index in [0.717, 1.165) is 5.39 Å². The van der Waals surface area contributed by atoms with Crippen molar-refractivity contribution in [1.82, 2.24) is 4.98 Å². The molecule has 2 N–H and O–H groups in total. The number of aromatic nitrogens is 1. The molecule has 0 saturated carbocycles. The SMILES string of the molecule is COc1cc(OC)c2[nH]c(C(=O)O[C@@H](C)C(=O)Nc3ccc4c(c3)OCO4)cc2c1. The van der Waals surface area contributed by atoms with E-state index in [0.29, 0.717) is 34.2 Å². The Morgan fingerprint density at radius 2 is 1.87 bits per heavy atom. The number of H-pyrrole nitrogens is 1. The quantitative estimate of drug-likeness (QED) is 0.599. The van der Waals surface area contributed by atoms with Crippen LogP contribution in [-0.2, 0) is 9.53 Å². The molecule has 0 bridgehead atoms. The summed E-state index contributed by atoms with van der Waals surface area (Å²) < 4.78 is 26.4. The maximum Gasteiger partial charge on any atom is 0.355 e. The molecule has 0 unspecified atom stereocenters. The van der Waals surface area contributed by atoms with Crippen LogP contribution in [0.4, 0.5) is 5.69 Å². The first kappa shape index (κ1) is 19.4. The fraction of sp³-hybridized carbons (Fsp3) is 0.238. The highest BCUT2D eigenvalue weighted by Gasteiger charge is 2.22. The number of amides is 1. The summed E-state index contributed by atoms with van der Waals surface area (Å²) in [6, 6.07) is 10.1. The highest BCUT2D eigenvalue weighted by atomic mass is 16.7. The largest absolute Gasteiger partial charge is 0.497 e. The van der Waals surface area contributed by atoms with Crippen LogP contribution in [0.5, 0.6) is 23.0 Å². The van der Waals surface area contributed by atoms with Gasteiger partial charge in [0.1, 0.15) is 17.2 Å². The second kappa shape index (κ2) is 7.86. The molecule has 156 valence electrons. The van der Waals surface area contributed by atoms with Gasteiger partial charge < -0.3 is 34.0 Å². The number of aromatic amines is 1. The van der Waals surface area contributed by atoms with Crippen molar-refractivity contribution in [3.05, 3.63) is 42.1 Å². The Morgan fingerprint density at radius 1 is 1.07 bits per heavy atom. The number of carbonyl (C=O) groups is 2. The Bertz CT molecular complexity index is 1120. The van der Waals surface area contributed by atoms with E-state index in [2.05, 4.69) is 10.3 Å². The molecule has 2 aromatic carbocycles. The standard InChI is InChI=1S/C21H20N2O7/c1-11(20(24)22-13-4-5-16-17(8-13)29-10-28-16)30-21(25)15-7-12-6-14(26-2)9-18(27-3)19(12)23-15/h4-9,11,23H,10H2,1-3H3,(H,22,24)/t11-/m0/s1. The van der Waals surface area contributed by atoms with Crippen LogP contribution < -0.4 is 24.3 Å². The van der Waals surface area contributed by atoms with Crippen molar-refractivity contribution in [3.63, 3.8) is 0 Å². The number of hydrogen-bond donors (Lipinski definition) is 2. The van der Waals surface area contributed by atoms with Gasteiger partial charge >= 0.3 is 5.97 Å². The van der Waals surface area contributed by atoms with Crippen molar-refractivity contribution in [2.24, 2.45) is 0 Å². The molecule has 0 fully saturated rings. The number of methoxy groups -OCH3 is 2. The van der Waals surface area contributed by atoms with Gasteiger partial charge in [-0.15, -0.1) is 0 Å². The Labute approximate surface area is 171 Å². The highest BCUT2D eigenvalue weighted by molar-refractivity contribution is 6.00. The van der Waals surface area contributed by atoms with Gasteiger partial charge in [-0.25, -0.2) is 4.79 Å². The first-order chi connectivity index (χ1) is 14.5. The molecule has 30 heavy (non-hydrogen) atoms. The number of rotatable bonds is 6. The topological polar surface area (TPSA) is 108 Å². The number of hydrogen-bond acceptors (Lipinski definition) is 7. The molecule has 4 rings (SSSR count). The zero-order valence-electron chi connectivity index (χ0n) is 16.6. The Hall–Kier alpha value is -3.88. The summed E-state index contributed by atoms with van der Waals surface area (Å²) in [6.07, 6.45) is -1.02. The summed E-state index contributed by atoms with van der Waals surface area (Å²) in [7, 11) is 3.07. The maximum atomic E-state index is 12.5. The van der Waals surface area contributed by atoms with Crippen LogP contribution >= 0.6 is 0 Å². The third-order valence-electron chi connectivity index (χ3n) is 4.63. The van der Waals surface area contributed by atoms with Gasteiger partial charge in [0.2, 0.25) is 6.79 Å². The van der Waals surface area contributed by atoms with E-state index in [4.69, 9.17) is 23.7 Å². The fourth-order valence-electron chi connectivity index (χ4n) is 3.07. The second-order valence-corrected chi connectivity index (χ2v) is 6.58. The summed E-state index contributed by atoms with van der Waals surface area (Å²) in [4.78, 5) is 27.9. The molecule has 3 aromatic rings. The molecular formula is C21H20N2O7. The number of esters is 1. The van der Waals surface area contributed by atoms with E-state index in [1.807, 2.05) is 0 Å². The summed E-state index contributed by atoms with van der Waals surface area (Å²) >= 11 is 0. The van der Waals surface area contributed by atoms with Crippen molar-refractivity contribution in [1.29, 1.82) is 0 Å². The molecule has 0 saturated heterocycles. The summed E-state index contributed by atoms with van der Waals surface area (Å²) in [5.74, 6) is 1.13. The third kappa shape index (κ3) is 3.69. The minimum Gasteiger partial charge on any atom is -0.497 e. The van der Waals surface area contributed by atoms with Crippen molar-refractivity contribution in [2.45, 2.75) is 13.0 Å². The predicted octanol–water partition coefficient (Wildman–Crippen LogP) is 3.10. The fourth-order valence-corrected chi connectivity index (χ4v) is 3.07. The Balaban J connectivity index is 1.45. The number of fused-ring (bicyclic) bond motifs is 2. The van der Waals surface area contributed by atoms with E-state index in [-0.39, 0.29) is 12.5 Å². The van der Waals surface area contributed by atoms with E-state index >= 15 is 0 Å². The van der Waals surface area contributed by atoms with Crippen LogP contribution in [0.25, 0.3) is 10.9 Å². The minimum atomic E-state index is -1.02. The van der Waals surface area contributed by atoms with Gasteiger partial charge in [0.25, 0.3) is 5.91 Å². The summed E-state index contributed by atoms with van der Waals surface area (Å²) in [6.45, 7) is 1.63. The van der Waals surface area contributed by atoms with Crippen molar-refractivity contribution < 1.29 is 33.3 Å². The zero-order chi connectivity index (χ0) is 21.3. The molecule has 1 aliphatic rings. The summed E-state index contributed by atoms with van der Waals surface area (Å²) in [5.41, 5.74) is 1.33. The van der Waals surface area contributed by atoms with E-state index in [1.165, 1.54) is 14.0 Å². The van der Waals surface area contributed by atoms with Crippen molar-refractivity contribution >= 4 is 28.5 Å². The normalized spacial score (nSPS) is 13.0. The predicted molar refractivity (Wildman–Crippen MR) is 107 cm³/mol. The Kier molecular flexibility index (Phi) is 5.09. The zero-order valence-corrected chi connectivity index (χ0v) is 16.6. The first-order valence-corrected chi connectivity index (χ1v) is 9.14. The smallest absolute Gasteiger partial charge is 0.355 e. The van der Waals surface area contributed by atoms with Crippen LogP contribution in [0, 0.1) is 0 Å². The molecule has 0 radical (unpaired) electrons. The number of benzene rings is 2. The van der Waals surface area contributed by atoms with Gasteiger partial charge in [-0.05, 0) is 31.2 Å². The number of ether oxygens (including phenoxy) is 5. The molecule has 1 atom stereocenters. The van der Waals surface area contributed by atoms with Gasteiger partial charge in [0.05, 0.1) is 19.7 Å². The average Bonchev–Trinajstić information content (AvgIpc) is 3.39. The first-order valence-electron chi connectivity index (χ1n) is 9.14. The summed E-state index contributed by atoms with van der Waals surface area (Å²) in [5, 5.41) is 3.41. The van der Waals surface area contributed by atoms with Crippen LogP contribution in [0.1, 0.15) is 17.4 Å². The molecular weight excluding hydrogens is 392 g/mol. The molecule has 9 heteroatoms. The van der Waals surface area contributed by atoms with Gasteiger partial charge in [-0.1, -0.05) is 0 Å². The highest BCUT2D eigenvalue weighted by Crippen LogP contribution is 2.34. The molecule has 2 heterocycles. The molecule has 9 nitrogen and oxygen atoms in total. The van der Waals surface area contributed by atoms with Gasteiger partial charge in [0.15, 0.2) is 17.6 Å². The lowest BCUT2D eigenvalue weighted by molar-refractivity contribution is -0.123. The molecule has 0 spiro atoms. The monoisotopic (exact) mass is 412 g/mol. The van der Waals surface area contributed by atoms with Gasteiger partial charge in [-0.2, -0.15) is 0 Å². The van der Waals surface area contributed by atoms with Crippen LogP contribution in [0.3, 0.4) is 0 Å². The Morgan fingerprint density at radius 3 is 2.63 bits per heavy atom. The number of carbonyl (C=O) groups excluding carboxylic acids is 2. The second-order valence-electron chi connectivity index (χ2n) is 6.58. The van der Waals surface area contributed by atoms with Crippen molar-refractivity contribution in [2.75, 3.05) is 26.3 Å². The van der Waals surface area contributed by atoms with Crippen LogP contribution in [0.2, 0.25) is 0 Å². The number of anilines is 1. The van der Waals surface area contributed by atoms with Crippen LogP contribution in [0.15, 0.2) is 36.4 Å². The van der Waals surface area contributed by atoms with E-state index in [1.54, 1.807) is 43.5 Å². The average molecular weight is 412 g/mol. The lowest BCUT2D eigenvalue weighted by atomic mass is 10.2. The van der Waals surface area contributed by atoms with Gasteiger partial charge in [-0.3, -0.25) is 4.79 Å². The minimum absolute atomic E-state index is 0.141. The van der Waals surface area contributed by atoms with Gasteiger partial charge in [0, 0.05) is 23.2 Å². The van der Waals surface area contributed by atoms with E-state index in [9.17, 15) is 9.59 Å². The van der Waals surface area contributed by atoms with Crippen molar-refractivity contribution in [3.8, 4) is 23.0 Å². The van der Waals surface area contributed by atoms with Crippen LogP contribution in [-0.4, -0.2) is 44.0 Å². The maximum absolute atomic E-state index is 12.5. The molecule has 1 aromatic heterocycles. The molecule has 1 amide bonds. The molecule has 1 aliphatic heterocycles.